The van der Waals surface area contributed by atoms with Crippen molar-refractivity contribution in [1.29, 1.82) is 0 Å². The lowest BCUT2D eigenvalue weighted by Crippen LogP contribution is -2.23. The van der Waals surface area contributed by atoms with Crippen LogP contribution in [0.15, 0.2) is 35.7 Å². The van der Waals surface area contributed by atoms with E-state index in [2.05, 4.69) is 10.1 Å². The van der Waals surface area contributed by atoms with Gasteiger partial charge in [0.2, 0.25) is 5.78 Å². The van der Waals surface area contributed by atoms with Gasteiger partial charge in [-0.05, 0) is 12.8 Å². The molecule has 2 aliphatic carbocycles. The van der Waals surface area contributed by atoms with Gasteiger partial charge in [-0.25, -0.2) is 4.98 Å². The van der Waals surface area contributed by atoms with E-state index >= 15 is 0 Å². The highest BCUT2D eigenvalue weighted by atomic mass is 16.4. The Morgan fingerprint density at radius 1 is 1.26 bits per heavy atom. The summed E-state index contributed by atoms with van der Waals surface area (Å²) in [5.41, 5.74) is 2.63. The molecule has 0 atom stereocenters. The molecule has 1 heterocycles. The molecule has 0 spiro atoms. The fraction of sp³-hybridized carbons (Fsp3) is 0.214. The van der Waals surface area contributed by atoms with E-state index in [1.807, 2.05) is 16.7 Å². The lowest BCUT2D eigenvalue weighted by atomic mass is 9.89. The van der Waals surface area contributed by atoms with Crippen LogP contribution in [0.1, 0.15) is 46.2 Å². The van der Waals surface area contributed by atoms with Gasteiger partial charge in [0.25, 0.3) is 0 Å². The van der Waals surface area contributed by atoms with Crippen molar-refractivity contribution in [3.05, 3.63) is 53.1 Å². The molecule has 1 N–H and O–H groups in total. The zero-order valence-electron chi connectivity index (χ0n) is 10.1. The lowest BCUT2D eigenvalue weighted by Gasteiger charge is -2.17. The van der Waals surface area contributed by atoms with Crippen LogP contribution in [0.5, 0.6) is 0 Å². The summed E-state index contributed by atoms with van der Waals surface area (Å²) in [6.07, 6.45) is 3.82. The highest BCUT2D eigenvalue weighted by Gasteiger charge is 2.36. The van der Waals surface area contributed by atoms with Crippen LogP contribution in [0, 0.1) is 0 Å². The highest BCUT2D eigenvalue weighted by molar-refractivity contribution is 6.28. The van der Waals surface area contributed by atoms with E-state index in [1.54, 1.807) is 18.5 Å². The molecular formula is C14H11N3O2. The zero-order valence-corrected chi connectivity index (χ0v) is 10.1. The lowest BCUT2D eigenvalue weighted by molar-refractivity contribution is 0.102. The van der Waals surface area contributed by atoms with Gasteiger partial charge in [0, 0.05) is 17.2 Å². The van der Waals surface area contributed by atoms with Gasteiger partial charge < -0.3 is 9.77 Å². The maximum absolute atomic E-state index is 12.6. The van der Waals surface area contributed by atoms with E-state index in [9.17, 15) is 10.0 Å². The van der Waals surface area contributed by atoms with E-state index in [-0.39, 0.29) is 5.78 Å². The number of rotatable bonds is 1. The molecule has 1 fully saturated rings. The first-order valence-corrected chi connectivity index (χ1v) is 6.24. The molecule has 0 amide bonds. The second-order valence-corrected chi connectivity index (χ2v) is 4.90. The molecule has 0 radical (unpaired) electrons. The molecule has 94 valence electrons. The van der Waals surface area contributed by atoms with Crippen LogP contribution in [0.2, 0.25) is 0 Å². The molecule has 1 aromatic carbocycles. The summed E-state index contributed by atoms with van der Waals surface area (Å²) in [4.78, 5) is 16.9. The molecule has 2 aromatic rings. The Balaban J connectivity index is 2.01. The molecule has 0 aliphatic heterocycles. The van der Waals surface area contributed by atoms with Crippen molar-refractivity contribution in [2.24, 2.45) is 5.16 Å². The molecule has 2 aliphatic rings. The summed E-state index contributed by atoms with van der Waals surface area (Å²) in [5.74, 6) is -0.0394. The summed E-state index contributed by atoms with van der Waals surface area (Å²) in [7, 11) is 0. The predicted octanol–water partition coefficient (Wildman–Crippen LogP) is 1.99. The largest absolute Gasteiger partial charge is 0.410 e. The monoisotopic (exact) mass is 253 g/mol. The quantitative estimate of drug-likeness (QED) is 0.532. The van der Waals surface area contributed by atoms with Gasteiger partial charge in [-0.1, -0.05) is 29.4 Å². The Morgan fingerprint density at radius 2 is 2.00 bits per heavy atom. The van der Waals surface area contributed by atoms with Crippen LogP contribution in [-0.4, -0.2) is 26.3 Å². The van der Waals surface area contributed by atoms with Gasteiger partial charge in [0.1, 0.15) is 17.1 Å². The number of carbonyl (C=O) groups is 1. The van der Waals surface area contributed by atoms with Crippen LogP contribution in [-0.2, 0) is 0 Å². The van der Waals surface area contributed by atoms with Crippen molar-refractivity contribution in [2.75, 3.05) is 0 Å². The average Bonchev–Trinajstić information content (AvgIpc) is 3.19. The number of aromatic nitrogens is 2. The third-order valence-corrected chi connectivity index (χ3v) is 3.70. The number of carbonyl (C=O) groups excluding carboxylic acids is 1. The van der Waals surface area contributed by atoms with Gasteiger partial charge in [-0.15, -0.1) is 0 Å². The maximum Gasteiger partial charge on any atom is 0.212 e. The molecule has 5 heteroatoms. The number of benzene rings is 1. The fourth-order valence-electron chi connectivity index (χ4n) is 2.63. The molecule has 19 heavy (non-hydrogen) atoms. The minimum Gasteiger partial charge on any atom is -0.410 e. The van der Waals surface area contributed by atoms with E-state index < -0.39 is 0 Å². The van der Waals surface area contributed by atoms with Crippen LogP contribution in [0.25, 0.3) is 0 Å². The predicted molar refractivity (Wildman–Crippen MR) is 67.8 cm³/mol. The second kappa shape index (κ2) is 3.54. The van der Waals surface area contributed by atoms with Crippen LogP contribution in [0.3, 0.4) is 0 Å². The second-order valence-electron chi connectivity index (χ2n) is 4.90. The number of imidazole rings is 1. The number of hydrogen-bond acceptors (Lipinski definition) is 4. The maximum atomic E-state index is 12.6. The first-order valence-electron chi connectivity index (χ1n) is 6.24. The third kappa shape index (κ3) is 1.32. The topological polar surface area (TPSA) is 67.5 Å². The van der Waals surface area contributed by atoms with Crippen molar-refractivity contribution >= 4 is 11.5 Å². The van der Waals surface area contributed by atoms with Crippen LogP contribution >= 0.6 is 0 Å². The molecule has 1 saturated carbocycles. The van der Waals surface area contributed by atoms with Crippen molar-refractivity contribution in [3.63, 3.8) is 0 Å². The summed E-state index contributed by atoms with van der Waals surface area (Å²) < 4.78 is 1.92. The molecule has 5 nitrogen and oxygen atoms in total. The van der Waals surface area contributed by atoms with E-state index in [4.69, 9.17) is 0 Å². The van der Waals surface area contributed by atoms with Crippen molar-refractivity contribution in [1.82, 2.24) is 9.55 Å². The molecule has 4 rings (SSSR count). The van der Waals surface area contributed by atoms with Gasteiger partial charge >= 0.3 is 0 Å². The first-order chi connectivity index (χ1) is 9.31. The fourth-order valence-corrected chi connectivity index (χ4v) is 2.63. The summed E-state index contributed by atoms with van der Waals surface area (Å²) in [6.45, 7) is 0. The van der Waals surface area contributed by atoms with Crippen molar-refractivity contribution < 1.29 is 10.0 Å². The Hall–Kier alpha value is -2.43. The molecular weight excluding hydrogens is 242 g/mol. The normalized spacial score (nSPS) is 19.4. The number of ketones is 1. The van der Waals surface area contributed by atoms with Crippen LogP contribution < -0.4 is 0 Å². The van der Waals surface area contributed by atoms with E-state index in [1.165, 1.54) is 0 Å². The number of nitrogens with zero attached hydrogens (tertiary/aromatic N) is 3. The summed E-state index contributed by atoms with van der Waals surface area (Å²) in [5, 5.41) is 12.6. The Kier molecular flexibility index (Phi) is 1.95. The summed E-state index contributed by atoms with van der Waals surface area (Å²) >= 11 is 0. The van der Waals surface area contributed by atoms with Crippen molar-refractivity contribution in [2.45, 2.75) is 18.9 Å². The Bertz CT molecular complexity index is 726. The highest BCUT2D eigenvalue weighted by Crippen LogP contribution is 2.38. The third-order valence-electron chi connectivity index (χ3n) is 3.70. The number of hydrogen-bond donors (Lipinski definition) is 1. The number of oxime groups is 1. The van der Waals surface area contributed by atoms with Crippen molar-refractivity contribution in [3.8, 4) is 0 Å². The van der Waals surface area contributed by atoms with Gasteiger partial charge in [-0.2, -0.15) is 0 Å². The standard InChI is InChI=1S/C14H11N3O2/c18-14-10-4-2-1-3-9(10)11(16-19)12-13(14)17(7-15-12)8-5-6-8/h1-4,7-8,19H,5-6H2/b16-11+. The minimum atomic E-state index is -0.0394. The van der Waals surface area contributed by atoms with Gasteiger partial charge in [0.05, 0.1) is 6.33 Å². The summed E-state index contributed by atoms with van der Waals surface area (Å²) in [6, 6.07) is 7.54. The van der Waals surface area contributed by atoms with E-state index in [0.717, 1.165) is 12.8 Å². The SMILES string of the molecule is O=C1c2ccccc2/C(=N\O)c2ncn(C3CC3)c21. The smallest absolute Gasteiger partial charge is 0.212 e. The molecule has 0 unspecified atom stereocenters. The Labute approximate surface area is 109 Å². The minimum absolute atomic E-state index is 0.0394. The van der Waals surface area contributed by atoms with Crippen LogP contribution in [0.4, 0.5) is 0 Å². The average molecular weight is 253 g/mol. The molecule has 0 saturated heterocycles. The molecule has 0 bridgehead atoms. The van der Waals surface area contributed by atoms with Gasteiger partial charge in [-0.3, -0.25) is 4.79 Å². The number of fused-ring (bicyclic) bond motifs is 2. The van der Waals surface area contributed by atoms with E-state index in [0.29, 0.717) is 34.3 Å². The first kappa shape index (κ1) is 10.5. The van der Waals surface area contributed by atoms with Gasteiger partial charge in [0.15, 0.2) is 0 Å². The Morgan fingerprint density at radius 3 is 2.68 bits per heavy atom. The molecule has 1 aromatic heterocycles. The zero-order chi connectivity index (χ0) is 13.0.